The molecule has 0 saturated heterocycles. The maximum absolute atomic E-state index is 12.2. The first kappa shape index (κ1) is 49.3. The minimum absolute atomic E-state index is 0.0872. The summed E-state index contributed by atoms with van der Waals surface area (Å²) < 4.78 is 10.6. The zero-order chi connectivity index (χ0) is 37.8. The Bertz CT molecular complexity index is 957. The number of esters is 2. The summed E-state index contributed by atoms with van der Waals surface area (Å²) in [6, 6.07) is 0. The molecule has 0 aliphatic rings. The van der Waals surface area contributed by atoms with E-state index in [0.717, 1.165) is 70.6 Å². The van der Waals surface area contributed by atoms with Gasteiger partial charge in [0.15, 0.2) is 6.10 Å². The highest BCUT2D eigenvalue weighted by Gasteiger charge is 2.16. The molecule has 0 saturated carbocycles. The highest BCUT2D eigenvalue weighted by Crippen LogP contribution is 2.13. The van der Waals surface area contributed by atoms with Crippen LogP contribution in [0, 0.1) is 0 Å². The quantitative estimate of drug-likeness (QED) is 0.0390. The maximum atomic E-state index is 12.2. The summed E-state index contributed by atoms with van der Waals surface area (Å²) in [5.41, 5.74) is 0. The van der Waals surface area contributed by atoms with E-state index in [4.69, 9.17) is 9.47 Å². The molecular formula is C47H80O5. The van der Waals surface area contributed by atoms with E-state index in [1.54, 1.807) is 0 Å². The number of rotatable bonds is 38. The van der Waals surface area contributed by atoms with Crippen LogP contribution in [-0.4, -0.2) is 36.4 Å². The standard InChI is InChI=1S/C47H80O5/c1-3-5-7-9-11-13-15-17-19-21-23-25-27-29-31-33-35-37-39-41-46(49)51-44-45(43-48)52-47(50)42-40-38-36-34-32-30-28-26-24-22-20-18-16-14-12-10-8-6-4-2/h11-14,17-20,23,25,29,31,45,48H,3-10,15-16,21-22,24,26-28,30,32-44H2,1-2H3/b13-11+,14-12+,19-17+,20-18+,25-23+,31-29+/t45-/m0/s1. The van der Waals surface area contributed by atoms with Crippen molar-refractivity contribution in [2.45, 2.75) is 200 Å². The van der Waals surface area contributed by atoms with Crippen molar-refractivity contribution in [3.05, 3.63) is 72.9 Å². The van der Waals surface area contributed by atoms with Crippen molar-refractivity contribution in [2.24, 2.45) is 0 Å². The highest BCUT2D eigenvalue weighted by molar-refractivity contribution is 5.70. The molecule has 52 heavy (non-hydrogen) atoms. The summed E-state index contributed by atoms with van der Waals surface area (Å²) in [5, 5.41) is 9.58. The first-order valence-corrected chi connectivity index (χ1v) is 21.5. The Kier molecular flexibility index (Phi) is 40.6. The zero-order valence-corrected chi connectivity index (χ0v) is 33.8. The summed E-state index contributed by atoms with van der Waals surface area (Å²) in [6.45, 7) is 4.05. The molecule has 5 heteroatoms. The lowest BCUT2D eigenvalue weighted by molar-refractivity contribution is -0.161. The Balaban J connectivity index is 3.63. The molecule has 0 bridgehead atoms. The number of allylic oxidation sites excluding steroid dienone is 12. The van der Waals surface area contributed by atoms with Gasteiger partial charge >= 0.3 is 11.9 Å². The molecule has 0 aromatic rings. The summed E-state index contributed by atoms with van der Waals surface area (Å²) in [5.74, 6) is -0.635. The average molecular weight is 725 g/mol. The molecule has 0 fully saturated rings. The van der Waals surface area contributed by atoms with Gasteiger partial charge in [-0.1, -0.05) is 164 Å². The fourth-order valence-corrected chi connectivity index (χ4v) is 5.68. The van der Waals surface area contributed by atoms with Crippen LogP contribution >= 0.6 is 0 Å². The molecule has 1 N–H and O–H groups in total. The third-order valence-corrected chi connectivity index (χ3v) is 8.97. The first-order valence-electron chi connectivity index (χ1n) is 21.5. The molecule has 0 spiro atoms. The predicted molar refractivity (Wildman–Crippen MR) is 223 cm³/mol. The minimum atomic E-state index is -0.790. The lowest BCUT2D eigenvalue weighted by atomic mass is 10.1. The summed E-state index contributed by atoms with van der Waals surface area (Å²) in [4.78, 5) is 24.3. The molecule has 0 radical (unpaired) electrons. The zero-order valence-electron chi connectivity index (χ0n) is 33.8. The number of aliphatic hydroxyl groups excluding tert-OH is 1. The van der Waals surface area contributed by atoms with Crippen molar-refractivity contribution in [2.75, 3.05) is 13.2 Å². The van der Waals surface area contributed by atoms with Crippen LogP contribution in [-0.2, 0) is 19.1 Å². The van der Waals surface area contributed by atoms with E-state index >= 15 is 0 Å². The lowest BCUT2D eigenvalue weighted by Crippen LogP contribution is -2.28. The molecule has 0 aliphatic heterocycles. The third-order valence-electron chi connectivity index (χ3n) is 8.97. The van der Waals surface area contributed by atoms with E-state index in [1.807, 2.05) is 0 Å². The highest BCUT2D eigenvalue weighted by atomic mass is 16.6. The van der Waals surface area contributed by atoms with E-state index < -0.39 is 6.10 Å². The SMILES string of the molecule is CCCCC/C=C/C/C=C/C/C=C/C/C=C/CCCCCC(=O)OC[C@H](CO)OC(=O)CCCCCCCCCCC/C=C/C/C=C/CCCCC. The molecule has 0 aromatic heterocycles. The Morgan fingerprint density at radius 2 is 0.769 bits per heavy atom. The second kappa shape index (κ2) is 42.8. The van der Waals surface area contributed by atoms with Crippen molar-refractivity contribution >= 4 is 11.9 Å². The van der Waals surface area contributed by atoms with Gasteiger partial charge in [-0.2, -0.15) is 0 Å². The fourth-order valence-electron chi connectivity index (χ4n) is 5.68. The molecule has 0 rings (SSSR count). The van der Waals surface area contributed by atoms with Crippen LogP contribution < -0.4 is 0 Å². The second-order valence-corrected chi connectivity index (χ2v) is 14.1. The van der Waals surface area contributed by atoms with Crippen molar-refractivity contribution in [1.82, 2.24) is 0 Å². The van der Waals surface area contributed by atoms with Crippen LogP contribution in [0.3, 0.4) is 0 Å². The number of unbranched alkanes of at least 4 members (excludes halogenated alkanes) is 18. The van der Waals surface area contributed by atoms with Gasteiger partial charge in [-0.05, 0) is 89.9 Å². The van der Waals surface area contributed by atoms with Gasteiger partial charge in [-0.3, -0.25) is 9.59 Å². The second-order valence-electron chi connectivity index (χ2n) is 14.1. The molecule has 1 atom stereocenters. The van der Waals surface area contributed by atoms with Crippen molar-refractivity contribution < 1.29 is 24.2 Å². The van der Waals surface area contributed by atoms with Crippen LogP contribution in [0.2, 0.25) is 0 Å². The van der Waals surface area contributed by atoms with E-state index in [0.29, 0.717) is 12.8 Å². The number of aliphatic hydroxyl groups is 1. The van der Waals surface area contributed by atoms with E-state index in [-0.39, 0.29) is 25.2 Å². The number of carbonyl (C=O) groups excluding carboxylic acids is 2. The molecule has 0 amide bonds. The number of ether oxygens (including phenoxy) is 2. The average Bonchev–Trinajstić information content (AvgIpc) is 3.15. The van der Waals surface area contributed by atoms with Gasteiger partial charge in [0.25, 0.3) is 0 Å². The summed E-state index contributed by atoms with van der Waals surface area (Å²) in [6.07, 6.45) is 56.8. The molecule has 298 valence electrons. The summed E-state index contributed by atoms with van der Waals surface area (Å²) in [7, 11) is 0. The Hall–Kier alpha value is -2.66. The predicted octanol–water partition coefficient (Wildman–Crippen LogP) is 13.7. The minimum Gasteiger partial charge on any atom is -0.462 e. The molecular weight excluding hydrogens is 645 g/mol. The van der Waals surface area contributed by atoms with Crippen LogP contribution in [0.1, 0.15) is 194 Å². The number of hydrogen-bond acceptors (Lipinski definition) is 5. The van der Waals surface area contributed by atoms with Gasteiger partial charge in [0, 0.05) is 12.8 Å². The summed E-state index contributed by atoms with van der Waals surface area (Å²) >= 11 is 0. The third kappa shape index (κ3) is 40.1. The first-order chi connectivity index (χ1) is 25.6. The van der Waals surface area contributed by atoms with Gasteiger partial charge in [-0.15, -0.1) is 0 Å². The van der Waals surface area contributed by atoms with Crippen LogP contribution in [0.25, 0.3) is 0 Å². The fraction of sp³-hybridized carbons (Fsp3) is 0.702. The lowest BCUT2D eigenvalue weighted by Gasteiger charge is -2.15. The van der Waals surface area contributed by atoms with Gasteiger partial charge in [0.2, 0.25) is 0 Å². The largest absolute Gasteiger partial charge is 0.462 e. The Morgan fingerprint density at radius 1 is 0.442 bits per heavy atom. The van der Waals surface area contributed by atoms with Crippen molar-refractivity contribution in [1.29, 1.82) is 0 Å². The number of carbonyl (C=O) groups is 2. The van der Waals surface area contributed by atoms with Crippen LogP contribution in [0.15, 0.2) is 72.9 Å². The topological polar surface area (TPSA) is 72.8 Å². The molecule has 5 nitrogen and oxygen atoms in total. The van der Waals surface area contributed by atoms with Crippen molar-refractivity contribution in [3.63, 3.8) is 0 Å². The van der Waals surface area contributed by atoms with Gasteiger partial charge in [-0.25, -0.2) is 0 Å². The molecule has 0 aliphatic carbocycles. The van der Waals surface area contributed by atoms with Gasteiger partial charge in [0.1, 0.15) is 6.61 Å². The van der Waals surface area contributed by atoms with Gasteiger partial charge < -0.3 is 14.6 Å². The Labute approximate surface area is 321 Å². The van der Waals surface area contributed by atoms with Gasteiger partial charge in [0.05, 0.1) is 6.61 Å². The Morgan fingerprint density at radius 3 is 1.17 bits per heavy atom. The molecule has 0 unspecified atom stereocenters. The van der Waals surface area contributed by atoms with Crippen LogP contribution in [0.5, 0.6) is 0 Å². The van der Waals surface area contributed by atoms with E-state index in [1.165, 1.54) is 96.3 Å². The van der Waals surface area contributed by atoms with Crippen molar-refractivity contribution in [3.8, 4) is 0 Å². The smallest absolute Gasteiger partial charge is 0.306 e. The number of hydrogen-bond donors (Lipinski definition) is 1. The maximum Gasteiger partial charge on any atom is 0.306 e. The van der Waals surface area contributed by atoms with E-state index in [9.17, 15) is 14.7 Å². The monoisotopic (exact) mass is 725 g/mol. The molecule has 0 aromatic carbocycles. The van der Waals surface area contributed by atoms with E-state index in [2.05, 4.69) is 86.8 Å². The van der Waals surface area contributed by atoms with Crippen LogP contribution in [0.4, 0.5) is 0 Å². The normalized spacial score (nSPS) is 12.9. The molecule has 0 heterocycles.